The summed E-state index contributed by atoms with van der Waals surface area (Å²) < 4.78 is 0.228. The first-order valence-electron chi connectivity index (χ1n) is 6.28. The maximum atomic E-state index is 11.6. The lowest BCUT2D eigenvalue weighted by Gasteiger charge is -2.01. The molecule has 2 N–H and O–H groups in total. The zero-order chi connectivity index (χ0) is 16.7. The molecule has 0 aromatic rings. The fourth-order valence-corrected chi connectivity index (χ4v) is 1.58. The van der Waals surface area contributed by atoms with E-state index in [1.807, 2.05) is 6.92 Å². The number of allylic oxidation sites excluding steroid dienone is 1. The number of rotatable bonds is 9. The van der Waals surface area contributed by atoms with Crippen LogP contribution in [0.4, 0.5) is 0 Å². The Morgan fingerprint density at radius 3 is 2.19 bits per heavy atom. The lowest BCUT2D eigenvalue weighted by atomic mass is 10.1. The molecule has 8 heteroatoms. The molecule has 0 aliphatic heterocycles. The third-order valence-corrected chi connectivity index (χ3v) is 2.79. The Balaban J connectivity index is 0. The van der Waals surface area contributed by atoms with Gasteiger partial charge in [-0.1, -0.05) is 6.92 Å². The third kappa shape index (κ3) is 16.2. The minimum atomic E-state index is -0.865. The number of carbonyl (C=O) groups excluding carboxylic acids is 4. The molecule has 0 aliphatic rings. The first kappa shape index (κ1) is 21.5. The Morgan fingerprint density at radius 2 is 1.71 bits per heavy atom. The number of hydrogen-bond donors (Lipinski definition) is 2. The average Bonchev–Trinajstić information content (AvgIpc) is 2.41. The van der Waals surface area contributed by atoms with Crippen molar-refractivity contribution in [1.82, 2.24) is 5.32 Å². The van der Waals surface area contributed by atoms with Gasteiger partial charge in [0.1, 0.15) is 0 Å². The highest BCUT2D eigenvalue weighted by Gasteiger charge is 2.08. The number of Topliss-reactive ketones (excluding diaryl/α,β-unsaturated/α-hetero) is 1. The molecular weight excluding hydrogens is 346 g/mol. The number of hydrogen-bond acceptors (Lipinski definition) is 5. The summed E-state index contributed by atoms with van der Waals surface area (Å²) in [5.74, 6) is -1.36. The normalized spacial score (nSPS) is 9.90. The summed E-state index contributed by atoms with van der Waals surface area (Å²) in [5.41, 5.74) is 0. The van der Waals surface area contributed by atoms with E-state index < -0.39 is 5.97 Å². The quantitative estimate of drug-likeness (QED) is 0.472. The first-order chi connectivity index (χ1) is 9.88. The Hall–Kier alpha value is -1.79. The lowest BCUT2D eigenvalue weighted by Crippen LogP contribution is -2.22. The summed E-state index contributed by atoms with van der Waals surface area (Å²) in [6.45, 7) is 2.51. The smallest absolute Gasteiger partial charge is 0.373 e. The van der Waals surface area contributed by atoms with Crippen LogP contribution in [0.5, 0.6) is 0 Å². The minimum Gasteiger partial charge on any atom is -0.481 e. The largest absolute Gasteiger partial charge is 0.481 e. The van der Waals surface area contributed by atoms with Crippen molar-refractivity contribution in [3.63, 3.8) is 0 Å². The van der Waals surface area contributed by atoms with Gasteiger partial charge < -0.3 is 10.4 Å². The molecule has 0 atom stereocenters. The van der Waals surface area contributed by atoms with Crippen molar-refractivity contribution >= 4 is 39.7 Å². The molecule has 0 fully saturated rings. The van der Waals surface area contributed by atoms with Crippen molar-refractivity contribution in [2.24, 2.45) is 0 Å². The van der Waals surface area contributed by atoms with E-state index in [2.05, 4.69) is 21.2 Å². The van der Waals surface area contributed by atoms with Gasteiger partial charge in [0.25, 0.3) is 0 Å². The summed E-state index contributed by atoms with van der Waals surface area (Å²) in [6, 6.07) is 0. The fraction of sp³-hybridized carbons (Fsp3) is 0.538. The lowest BCUT2D eigenvalue weighted by molar-refractivity contribution is -0.191. The van der Waals surface area contributed by atoms with Gasteiger partial charge in [-0.05, 0) is 35.2 Å². The number of carboxylic acid groups (broad SMARTS) is 1. The van der Waals surface area contributed by atoms with Crippen LogP contribution in [-0.4, -0.2) is 35.5 Å². The molecule has 0 aromatic heterocycles. The topological polar surface area (TPSA) is 118 Å². The summed E-state index contributed by atoms with van der Waals surface area (Å²) in [5, 5.41) is 11.1. The highest BCUT2D eigenvalue weighted by molar-refractivity contribution is 9.12. The van der Waals surface area contributed by atoms with Crippen LogP contribution < -0.4 is 5.32 Å². The summed E-state index contributed by atoms with van der Waals surface area (Å²) in [4.78, 5) is 49.4. The Kier molecular flexibility index (Phi) is 15.0. The summed E-state index contributed by atoms with van der Waals surface area (Å²) in [6.07, 6.45) is 3.57. The van der Waals surface area contributed by atoms with Gasteiger partial charge in [0, 0.05) is 25.5 Å². The molecule has 0 heterocycles. The van der Waals surface area contributed by atoms with Crippen molar-refractivity contribution in [2.45, 2.75) is 39.0 Å². The number of ketones is 1. The second-order valence-corrected chi connectivity index (χ2v) is 4.74. The first-order valence-corrected chi connectivity index (χ1v) is 7.07. The average molecular weight is 364 g/mol. The Labute approximate surface area is 130 Å². The highest BCUT2D eigenvalue weighted by atomic mass is 79.9. The van der Waals surface area contributed by atoms with Crippen LogP contribution in [-0.2, 0) is 24.0 Å². The fourth-order valence-electron chi connectivity index (χ4n) is 1.18. The molecule has 0 rings (SSSR count). The van der Waals surface area contributed by atoms with E-state index in [0.717, 1.165) is 6.42 Å². The van der Waals surface area contributed by atoms with Crippen LogP contribution in [0.1, 0.15) is 39.0 Å². The standard InChI is InChI=1S/C12H18BrNO4.CO2/c1-2-7-14-11(16)8-9(13)10(15)5-3-4-6-12(17)18;2-1-3/h8H,2-7H2,1H3,(H,14,16)(H,17,18);/b9-8-;. The summed E-state index contributed by atoms with van der Waals surface area (Å²) >= 11 is 3.05. The van der Waals surface area contributed by atoms with Crippen LogP contribution in [0.2, 0.25) is 0 Å². The minimum absolute atomic E-state index is 0.0611. The number of amides is 1. The van der Waals surface area contributed by atoms with Crippen molar-refractivity contribution < 1.29 is 29.1 Å². The van der Waals surface area contributed by atoms with E-state index in [0.29, 0.717) is 19.4 Å². The zero-order valence-corrected chi connectivity index (χ0v) is 13.3. The molecule has 0 saturated carbocycles. The zero-order valence-electron chi connectivity index (χ0n) is 11.7. The predicted molar refractivity (Wildman–Crippen MR) is 76.4 cm³/mol. The number of aliphatic carboxylic acids is 1. The SMILES string of the molecule is CCCNC(=O)/C=C(\Br)C(=O)CCCCC(=O)O.O=C=O. The third-order valence-electron chi connectivity index (χ3n) is 2.12. The van der Waals surface area contributed by atoms with Gasteiger partial charge in [0.15, 0.2) is 5.78 Å². The van der Waals surface area contributed by atoms with E-state index in [1.54, 1.807) is 0 Å². The Morgan fingerprint density at radius 1 is 1.19 bits per heavy atom. The van der Waals surface area contributed by atoms with Gasteiger partial charge >= 0.3 is 12.1 Å². The second kappa shape index (κ2) is 14.6. The van der Waals surface area contributed by atoms with E-state index in [1.165, 1.54) is 6.08 Å². The van der Waals surface area contributed by atoms with Crippen LogP contribution in [0, 0.1) is 0 Å². The number of halogens is 1. The molecule has 0 spiro atoms. The molecule has 118 valence electrons. The van der Waals surface area contributed by atoms with Gasteiger partial charge in [-0.2, -0.15) is 9.59 Å². The Bertz CT molecular complexity index is 413. The van der Waals surface area contributed by atoms with Crippen LogP contribution in [0.15, 0.2) is 10.6 Å². The van der Waals surface area contributed by atoms with E-state index >= 15 is 0 Å². The molecule has 21 heavy (non-hydrogen) atoms. The summed E-state index contributed by atoms with van der Waals surface area (Å²) in [7, 11) is 0. The monoisotopic (exact) mass is 363 g/mol. The number of carbonyl (C=O) groups is 3. The molecule has 0 aliphatic carbocycles. The molecule has 0 aromatic carbocycles. The molecule has 0 bridgehead atoms. The van der Waals surface area contributed by atoms with Crippen molar-refractivity contribution in [3.8, 4) is 0 Å². The molecule has 0 saturated heterocycles. The van der Waals surface area contributed by atoms with Gasteiger partial charge in [0.2, 0.25) is 5.91 Å². The maximum absolute atomic E-state index is 11.6. The van der Waals surface area contributed by atoms with E-state index in [9.17, 15) is 14.4 Å². The maximum Gasteiger partial charge on any atom is 0.373 e. The number of unbranched alkanes of at least 4 members (excludes halogenated alkanes) is 1. The highest BCUT2D eigenvalue weighted by Crippen LogP contribution is 2.12. The van der Waals surface area contributed by atoms with Crippen molar-refractivity contribution in [1.29, 1.82) is 0 Å². The van der Waals surface area contributed by atoms with Gasteiger partial charge in [-0.3, -0.25) is 14.4 Å². The van der Waals surface area contributed by atoms with E-state index in [-0.39, 0.29) is 35.2 Å². The van der Waals surface area contributed by atoms with Crippen molar-refractivity contribution in [2.75, 3.05) is 6.54 Å². The predicted octanol–water partition coefficient (Wildman–Crippen LogP) is 1.42. The number of carboxylic acids is 1. The molecule has 0 unspecified atom stereocenters. The van der Waals surface area contributed by atoms with Gasteiger partial charge in [0.05, 0.1) is 4.48 Å². The van der Waals surface area contributed by atoms with Crippen LogP contribution in [0.3, 0.4) is 0 Å². The van der Waals surface area contributed by atoms with E-state index in [4.69, 9.17) is 14.7 Å². The molecular formula is C13H18BrNO6. The number of nitrogens with one attached hydrogen (secondary N) is 1. The van der Waals surface area contributed by atoms with Crippen LogP contribution >= 0.6 is 15.9 Å². The molecule has 1 amide bonds. The van der Waals surface area contributed by atoms with Crippen molar-refractivity contribution in [3.05, 3.63) is 10.6 Å². The van der Waals surface area contributed by atoms with Crippen LogP contribution in [0.25, 0.3) is 0 Å². The van der Waals surface area contributed by atoms with Gasteiger partial charge in [-0.15, -0.1) is 0 Å². The molecule has 0 radical (unpaired) electrons. The molecule has 7 nitrogen and oxygen atoms in total. The second-order valence-electron chi connectivity index (χ2n) is 3.89. The van der Waals surface area contributed by atoms with Gasteiger partial charge in [-0.25, -0.2) is 0 Å².